The Morgan fingerprint density at radius 1 is 0.935 bits per heavy atom. The third kappa shape index (κ3) is 5.16. The lowest BCUT2D eigenvalue weighted by molar-refractivity contribution is -0.128. The second-order valence-corrected chi connectivity index (χ2v) is 8.26. The van der Waals surface area contributed by atoms with Gasteiger partial charge in [0.15, 0.2) is 0 Å². The van der Waals surface area contributed by atoms with Gasteiger partial charge in [0.1, 0.15) is 0 Å². The molecule has 0 unspecified atom stereocenters. The van der Waals surface area contributed by atoms with Gasteiger partial charge in [-0.2, -0.15) is 0 Å². The first-order valence-electron chi connectivity index (χ1n) is 9.69. The topological polar surface area (TPSA) is 59.2 Å². The normalized spacial score (nSPS) is 10.9. The van der Waals surface area contributed by atoms with Crippen LogP contribution in [0.5, 0.6) is 0 Å². The average Bonchev–Trinajstić information content (AvgIpc) is 3.28. The summed E-state index contributed by atoms with van der Waals surface area (Å²) in [4.78, 5) is 14.8. The highest BCUT2D eigenvalue weighted by atomic mass is 35.5. The molecule has 0 fully saturated rings. The van der Waals surface area contributed by atoms with Crippen molar-refractivity contribution in [1.82, 2.24) is 15.1 Å². The number of aromatic nitrogens is 2. The van der Waals surface area contributed by atoms with Gasteiger partial charge in [-0.15, -0.1) is 10.2 Å². The van der Waals surface area contributed by atoms with Gasteiger partial charge in [0.05, 0.1) is 11.8 Å². The van der Waals surface area contributed by atoms with Crippen LogP contribution < -0.4 is 0 Å². The summed E-state index contributed by atoms with van der Waals surface area (Å²) in [5.74, 6) is 0.551. The van der Waals surface area contributed by atoms with Crippen molar-refractivity contribution in [2.75, 3.05) is 12.8 Å². The molecule has 0 aliphatic rings. The Bertz CT molecular complexity index is 1090. The van der Waals surface area contributed by atoms with E-state index in [4.69, 9.17) is 16.0 Å². The van der Waals surface area contributed by atoms with Gasteiger partial charge in [0.25, 0.3) is 5.22 Å². The first-order valence-corrected chi connectivity index (χ1v) is 11.1. The molecule has 4 rings (SSSR count). The summed E-state index contributed by atoms with van der Waals surface area (Å²) in [5.41, 5.74) is 2.88. The summed E-state index contributed by atoms with van der Waals surface area (Å²) in [5, 5.41) is 9.10. The maximum atomic E-state index is 13.0. The molecule has 5 nitrogen and oxygen atoms in total. The number of thioether (sulfide) groups is 1. The molecule has 0 bridgehead atoms. The lowest BCUT2D eigenvalue weighted by Crippen LogP contribution is -2.33. The molecule has 31 heavy (non-hydrogen) atoms. The van der Waals surface area contributed by atoms with Gasteiger partial charge in [-0.05, 0) is 35.4 Å². The van der Waals surface area contributed by atoms with Crippen molar-refractivity contribution in [3.8, 4) is 11.5 Å². The van der Waals surface area contributed by atoms with Gasteiger partial charge >= 0.3 is 0 Å². The summed E-state index contributed by atoms with van der Waals surface area (Å²) in [7, 11) is 1.82. The minimum absolute atomic E-state index is 0.0334. The van der Waals surface area contributed by atoms with Crippen LogP contribution in [0.3, 0.4) is 0 Å². The molecule has 1 heterocycles. The molecule has 7 heteroatoms. The SMILES string of the molecule is CN(C(=O)CSc1nnc(-c2ccc(Cl)cc2)o1)C(c1ccccc1)c1ccccc1. The smallest absolute Gasteiger partial charge is 0.277 e. The Balaban J connectivity index is 1.46. The van der Waals surface area contributed by atoms with Crippen molar-refractivity contribution in [2.24, 2.45) is 0 Å². The van der Waals surface area contributed by atoms with E-state index in [1.807, 2.05) is 79.8 Å². The molecule has 0 aliphatic heterocycles. The zero-order chi connectivity index (χ0) is 21.6. The maximum absolute atomic E-state index is 13.0. The Morgan fingerprint density at radius 3 is 2.10 bits per heavy atom. The zero-order valence-corrected chi connectivity index (χ0v) is 18.4. The van der Waals surface area contributed by atoms with Crippen LogP contribution in [0.15, 0.2) is 94.6 Å². The van der Waals surface area contributed by atoms with Gasteiger partial charge in [-0.1, -0.05) is 84.0 Å². The second kappa shape index (κ2) is 9.81. The predicted octanol–water partition coefficient (Wildman–Crippen LogP) is 5.73. The molecule has 1 aromatic heterocycles. The number of carbonyl (C=O) groups excluding carboxylic acids is 1. The third-order valence-corrected chi connectivity index (χ3v) is 5.88. The lowest BCUT2D eigenvalue weighted by atomic mass is 9.97. The van der Waals surface area contributed by atoms with Crippen LogP contribution in [-0.4, -0.2) is 33.8 Å². The van der Waals surface area contributed by atoms with Gasteiger partial charge < -0.3 is 9.32 Å². The van der Waals surface area contributed by atoms with Crippen LogP contribution in [-0.2, 0) is 4.79 Å². The van der Waals surface area contributed by atoms with E-state index in [0.717, 1.165) is 16.7 Å². The van der Waals surface area contributed by atoms with Gasteiger partial charge in [-0.25, -0.2) is 0 Å². The number of halogens is 1. The van der Waals surface area contributed by atoms with Crippen LogP contribution in [0.4, 0.5) is 0 Å². The van der Waals surface area contributed by atoms with Gasteiger partial charge in [0, 0.05) is 17.6 Å². The summed E-state index contributed by atoms with van der Waals surface area (Å²) in [6.45, 7) is 0. The molecule has 0 aliphatic carbocycles. The van der Waals surface area contributed by atoms with Gasteiger partial charge in [0.2, 0.25) is 11.8 Å². The standard InChI is InChI=1S/C24H20ClN3O2S/c1-28(22(17-8-4-2-5-9-17)18-10-6-3-7-11-18)21(29)16-31-24-27-26-23(30-24)19-12-14-20(25)15-13-19/h2-15,22H,16H2,1H3. The third-order valence-electron chi connectivity index (χ3n) is 4.83. The minimum atomic E-state index is -0.178. The van der Waals surface area contributed by atoms with Crippen molar-refractivity contribution in [3.05, 3.63) is 101 Å². The molecule has 0 N–H and O–H groups in total. The van der Waals surface area contributed by atoms with E-state index < -0.39 is 0 Å². The van der Waals surface area contributed by atoms with Crippen LogP contribution in [0.1, 0.15) is 17.2 Å². The fourth-order valence-electron chi connectivity index (χ4n) is 3.26. The van der Waals surface area contributed by atoms with E-state index in [9.17, 15) is 4.79 Å². The molecule has 0 saturated heterocycles. The highest BCUT2D eigenvalue weighted by Gasteiger charge is 2.24. The highest BCUT2D eigenvalue weighted by molar-refractivity contribution is 7.99. The number of benzene rings is 3. The van der Waals surface area contributed by atoms with E-state index in [1.165, 1.54) is 11.8 Å². The van der Waals surface area contributed by atoms with Crippen LogP contribution in [0.2, 0.25) is 5.02 Å². The molecule has 0 spiro atoms. The van der Waals surface area contributed by atoms with Crippen LogP contribution in [0.25, 0.3) is 11.5 Å². The number of carbonyl (C=O) groups is 1. The quantitative estimate of drug-likeness (QED) is 0.337. The first kappa shape index (κ1) is 21.2. The number of amides is 1. The van der Waals surface area contributed by atoms with Crippen molar-refractivity contribution in [1.29, 1.82) is 0 Å². The molecule has 0 saturated carbocycles. The minimum Gasteiger partial charge on any atom is -0.411 e. The van der Waals surface area contributed by atoms with Crippen LogP contribution in [0, 0.1) is 0 Å². The number of hydrogen-bond acceptors (Lipinski definition) is 5. The van der Waals surface area contributed by atoms with Crippen molar-refractivity contribution >= 4 is 29.3 Å². The number of rotatable bonds is 7. The van der Waals surface area contributed by atoms with E-state index in [-0.39, 0.29) is 17.7 Å². The summed E-state index contributed by atoms with van der Waals surface area (Å²) < 4.78 is 5.70. The molecule has 0 radical (unpaired) electrons. The first-order chi connectivity index (χ1) is 15.1. The molecule has 3 aromatic carbocycles. The maximum Gasteiger partial charge on any atom is 0.277 e. The highest BCUT2D eigenvalue weighted by Crippen LogP contribution is 2.29. The van der Waals surface area contributed by atoms with E-state index in [2.05, 4.69) is 10.2 Å². The Morgan fingerprint density at radius 2 is 1.52 bits per heavy atom. The van der Waals surface area contributed by atoms with E-state index in [0.29, 0.717) is 16.1 Å². The molecular weight excluding hydrogens is 430 g/mol. The molecule has 156 valence electrons. The zero-order valence-electron chi connectivity index (χ0n) is 16.8. The fourth-order valence-corrected chi connectivity index (χ4v) is 4.07. The summed E-state index contributed by atoms with van der Waals surface area (Å²) in [6, 6.07) is 27.0. The van der Waals surface area contributed by atoms with Crippen molar-refractivity contribution in [2.45, 2.75) is 11.3 Å². The Kier molecular flexibility index (Phi) is 6.70. The van der Waals surface area contributed by atoms with E-state index >= 15 is 0 Å². The monoisotopic (exact) mass is 449 g/mol. The van der Waals surface area contributed by atoms with E-state index in [1.54, 1.807) is 17.0 Å². The second-order valence-electron chi connectivity index (χ2n) is 6.90. The molecular formula is C24H20ClN3O2S. The molecule has 1 amide bonds. The summed E-state index contributed by atoms with van der Waals surface area (Å²) in [6.07, 6.45) is 0. The fraction of sp³-hybridized carbons (Fsp3) is 0.125. The predicted molar refractivity (Wildman–Crippen MR) is 123 cm³/mol. The van der Waals surface area contributed by atoms with Crippen molar-refractivity contribution < 1.29 is 9.21 Å². The Hall–Kier alpha value is -3.09. The Labute approximate surface area is 190 Å². The molecule has 0 atom stereocenters. The summed E-state index contributed by atoms with van der Waals surface area (Å²) >= 11 is 7.15. The van der Waals surface area contributed by atoms with Gasteiger partial charge in [-0.3, -0.25) is 4.79 Å². The lowest BCUT2D eigenvalue weighted by Gasteiger charge is -2.29. The number of nitrogens with zero attached hydrogens (tertiary/aromatic N) is 3. The largest absolute Gasteiger partial charge is 0.411 e. The number of hydrogen-bond donors (Lipinski definition) is 0. The van der Waals surface area contributed by atoms with Crippen molar-refractivity contribution in [3.63, 3.8) is 0 Å². The average molecular weight is 450 g/mol. The molecule has 4 aromatic rings. The van der Waals surface area contributed by atoms with Crippen LogP contribution >= 0.6 is 23.4 Å².